The van der Waals surface area contributed by atoms with E-state index in [9.17, 15) is 0 Å². The van der Waals surface area contributed by atoms with Crippen molar-refractivity contribution in [1.29, 1.82) is 0 Å². The van der Waals surface area contributed by atoms with Crippen molar-refractivity contribution in [3.05, 3.63) is 27.3 Å². The summed E-state index contributed by atoms with van der Waals surface area (Å²) in [6.07, 6.45) is 1.02. The fourth-order valence-corrected chi connectivity index (χ4v) is 2.48. The molecule has 1 aromatic rings. The first-order valence-corrected chi connectivity index (χ1v) is 6.81. The summed E-state index contributed by atoms with van der Waals surface area (Å²) in [6.45, 7) is 2.07. The Morgan fingerprint density at radius 1 is 1.29 bits per heavy atom. The first kappa shape index (κ1) is 14.7. The summed E-state index contributed by atoms with van der Waals surface area (Å²) in [5.41, 5.74) is 1.32. The lowest BCUT2D eigenvalue weighted by molar-refractivity contribution is -0.890. The van der Waals surface area contributed by atoms with E-state index in [0.717, 1.165) is 33.3 Å². The molecule has 0 fully saturated rings. The third-order valence-electron chi connectivity index (χ3n) is 2.93. The third kappa shape index (κ3) is 4.81. The van der Waals surface area contributed by atoms with Gasteiger partial charge in [0, 0.05) is 6.42 Å². The van der Waals surface area contributed by atoms with Gasteiger partial charge in [-0.15, -0.1) is 0 Å². The van der Waals surface area contributed by atoms with Gasteiger partial charge in [-0.1, -0.05) is 6.07 Å². The quantitative estimate of drug-likeness (QED) is 0.628. The van der Waals surface area contributed by atoms with E-state index in [1.807, 2.05) is 6.07 Å². The molecule has 0 unspecified atom stereocenters. The molecule has 0 saturated heterocycles. The molecular weight excluding hydrogens is 329 g/mol. The van der Waals surface area contributed by atoms with Gasteiger partial charge in [-0.3, -0.25) is 0 Å². The molecule has 0 radical (unpaired) electrons. The molecule has 0 aliphatic carbocycles. The number of quaternary nitrogens is 1. The van der Waals surface area contributed by atoms with Crippen LogP contribution in [0.2, 0.25) is 0 Å². The lowest BCUT2D eigenvalue weighted by Gasteiger charge is -2.29. The van der Waals surface area contributed by atoms with Crippen LogP contribution in [0.3, 0.4) is 0 Å². The summed E-state index contributed by atoms with van der Waals surface area (Å²) in [5.74, 6) is 0.929. The molecule has 0 atom stereocenters. The van der Waals surface area contributed by atoms with Gasteiger partial charge in [0.15, 0.2) is 0 Å². The van der Waals surface area contributed by atoms with E-state index >= 15 is 0 Å². The van der Waals surface area contributed by atoms with Crippen molar-refractivity contribution in [2.24, 2.45) is 0 Å². The molecule has 0 aromatic heterocycles. The molecule has 1 N–H and O–H groups in total. The lowest BCUT2D eigenvalue weighted by atomic mass is 10.1. The molecule has 96 valence electrons. The van der Waals surface area contributed by atoms with E-state index in [4.69, 9.17) is 9.84 Å². The minimum absolute atomic E-state index is 0.243. The smallest absolute Gasteiger partial charge is 0.132 e. The molecule has 0 heterocycles. The van der Waals surface area contributed by atoms with Gasteiger partial charge in [-0.2, -0.15) is 0 Å². The highest BCUT2D eigenvalue weighted by Gasteiger charge is 2.14. The predicted octanol–water partition coefficient (Wildman–Crippen LogP) is 1.91. The molecule has 0 amide bonds. The first-order chi connectivity index (χ1) is 7.98. The summed E-state index contributed by atoms with van der Waals surface area (Å²) >= 11 is 2.29. The predicted molar refractivity (Wildman–Crippen MR) is 78.3 cm³/mol. The highest BCUT2D eigenvalue weighted by molar-refractivity contribution is 14.1. The molecule has 0 aliphatic rings. The second-order valence-corrected chi connectivity index (χ2v) is 5.99. The average Bonchev–Trinajstić information content (AvgIpc) is 2.27. The maximum absolute atomic E-state index is 8.98. The first-order valence-electron chi connectivity index (χ1n) is 5.74. The zero-order valence-electron chi connectivity index (χ0n) is 10.7. The SMILES string of the molecule is COc1ccc(CC[N+](C)(C)CCO)cc1I. The second kappa shape index (κ2) is 6.56. The summed E-state index contributed by atoms with van der Waals surface area (Å²) < 4.78 is 7.23. The number of likely N-dealkylation sites (N-methyl/N-ethyl adjacent to an activating group) is 1. The van der Waals surface area contributed by atoms with Crippen LogP contribution in [-0.2, 0) is 6.42 Å². The minimum atomic E-state index is 0.243. The standard InChI is InChI=1S/C13H21INO2/c1-15(2,8-9-16)7-6-11-4-5-13(17-3)12(14)10-11/h4-5,10,16H,6-9H2,1-3H3/q+1. The Balaban J connectivity index is 2.61. The van der Waals surface area contributed by atoms with Crippen LogP contribution in [0, 0.1) is 3.57 Å². The number of halogens is 1. The van der Waals surface area contributed by atoms with E-state index in [0.29, 0.717) is 0 Å². The van der Waals surface area contributed by atoms with Crippen LogP contribution in [0.4, 0.5) is 0 Å². The minimum Gasteiger partial charge on any atom is -0.496 e. The number of aliphatic hydroxyl groups is 1. The molecule has 0 spiro atoms. The Labute approximate surface area is 117 Å². The van der Waals surface area contributed by atoms with Crippen molar-refractivity contribution >= 4 is 22.6 Å². The number of ether oxygens (including phenoxy) is 1. The number of benzene rings is 1. The van der Waals surface area contributed by atoms with E-state index in [-0.39, 0.29) is 6.61 Å². The van der Waals surface area contributed by atoms with Crippen LogP contribution >= 0.6 is 22.6 Å². The Bertz CT molecular complexity index is 366. The zero-order chi connectivity index (χ0) is 12.9. The van der Waals surface area contributed by atoms with Crippen LogP contribution in [0.15, 0.2) is 18.2 Å². The maximum atomic E-state index is 8.98. The normalized spacial score (nSPS) is 11.6. The molecule has 3 nitrogen and oxygen atoms in total. The second-order valence-electron chi connectivity index (χ2n) is 4.83. The summed E-state index contributed by atoms with van der Waals surface area (Å²) in [7, 11) is 5.98. The molecule has 0 bridgehead atoms. The van der Waals surface area contributed by atoms with Gasteiger partial charge >= 0.3 is 0 Å². The third-order valence-corrected chi connectivity index (χ3v) is 3.77. The van der Waals surface area contributed by atoms with Crippen molar-refractivity contribution < 1.29 is 14.3 Å². The van der Waals surface area contributed by atoms with Crippen LogP contribution in [0.25, 0.3) is 0 Å². The van der Waals surface area contributed by atoms with Crippen LogP contribution in [-0.4, -0.2) is 50.5 Å². The van der Waals surface area contributed by atoms with Crippen LogP contribution in [0.5, 0.6) is 5.75 Å². The monoisotopic (exact) mass is 350 g/mol. The fourth-order valence-electron chi connectivity index (χ4n) is 1.68. The summed E-state index contributed by atoms with van der Waals surface area (Å²) in [5, 5.41) is 8.98. The van der Waals surface area contributed by atoms with Crippen molar-refractivity contribution in [2.75, 3.05) is 40.9 Å². The van der Waals surface area contributed by atoms with E-state index < -0.39 is 0 Å². The number of hydrogen-bond donors (Lipinski definition) is 1. The Morgan fingerprint density at radius 3 is 2.53 bits per heavy atom. The number of methoxy groups -OCH3 is 1. The van der Waals surface area contributed by atoms with Gasteiger partial charge in [0.05, 0.1) is 37.9 Å². The molecule has 1 rings (SSSR count). The van der Waals surface area contributed by atoms with Crippen molar-refractivity contribution in [2.45, 2.75) is 6.42 Å². The van der Waals surface area contributed by atoms with E-state index in [2.05, 4.69) is 48.8 Å². The number of nitrogens with zero attached hydrogens (tertiary/aromatic N) is 1. The summed E-state index contributed by atoms with van der Waals surface area (Å²) in [4.78, 5) is 0. The van der Waals surface area contributed by atoms with Gasteiger partial charge < -0.3 is 14.3 Å². The van der Waals surface area contributed by atoms with Gasteiger partial charge in [-0.25, -0.2) is 0 Å². The van der Waals surface area contributed by atoms with Crippen molar-refractivity contribution in [3.63, 3.8) is 0 Å². The molecular formula is C13H21INO2+. The van der Waals surface area contributed by atoms with Crippen molar-refractivity contribution in [3.8, 4) is 5.75 Å². The molecule has 1 aromatic carbocycles. The fraction of sp³-hybridized carbons (Fsp3) is 0.538. The number of rotatable bonds is 6. The van der Waals surface area contributed by atoms with Gasteiger partial charge in [-0.05, 0) is 40.3 Å². The van der Waals surface area contributed by atoms with E-state index in [1.54, 1.807) is 7.11 Å². The average molecular weight is 350 g/mol. The number of hydrogen-bond acceptors (Lipinski definition) is 2. The number of aliphatic hydroxyl groups excluding tert-OH is 1. The van der Waals surface area contributed by atoms with Gasteiger partial charge in [0.25, 0.3) is 0 Å². The Morgan fingerprint density at radius 2 is 2.00 bits per heavy atom. The topological polar surface area (TPSA) is 29.5 Å². The molecule has 0 aliphatic heterocycles. The Hall–Kier alpha value is -0.330. The zero-order valence-corrected chi connectivity index (χ0v) is 12.9. The Kier molecular flexibility index (Phi) is 5.69. The largest absolute Gasteiger partial charge is 0.496 e. The molecule has 0 saturated carbocycles. The lowest BCUT2D eigenvalue weighted by Crippen LogP contribution is -2.43. The molecule has 4 heteroatoms. The highest BCUT2D eigenvalue weighted by Crippen LogP contribution is 2.22. The van der Waals surface area contributed by atoms with Crippen LogP contribution < -0.4 is 4.74 Å². The summed E-state index contributed by atoms with van der Waals surface area (Å²) in [6, 6.07) is 6.29. The van der Waals surface area contributed by atoms with Crippen LogP contribution in [0.1, 0.15) is 5.56 Å². The molecule has 17 heavy (non-hydrogen) atoms. The van der Waals surface area contributed by atoms with Gasteiger partial charge in [0.1, 0.15) is 12.3 Å². The van der Waals surface area contributed by atoms with E-state index in [1.165, 1.54) is 5.56 Å². The highest BCUT2D eigenvalue weighted by atomic mass is 127. The maximum Gasteiger partial charge on any atom is 0.132 e. The van der Waals surface area contributed by atoms with Gasteiger partial charge in [0.2, 0.25) is 0 Å². The van der Waals surface area contributed by atoms with Crippen molar-refractivity contribution in [1.82, 2.24) is 0 Å².